The summed E-state index contributed by atoms with van der Waals surface area (Å²) >= 11 is 0. The van der Waals surface area contributed by atoms with Crippen LogP contribution in [0.1, 0.15) is 50.9 Å². The Morgan fingerprint density at radius 1 is 1.32 bits per heavy atom. The van der Waals surface area contributed by atoms with Gasteiger partial charge in [-0.25, -0.2) is 0 Å². The van der Waals surface area contributed by atoms with E-state index in [1.54, 1.807) is 27.7 Å². The highest BCUT2D eigenvalue weighted by molar-refractivity contribution is 5.99. The van der Waals surface area contributed by atoms with Crippen LogP contribution in [0.5, 0.6) is 5.75 Å². The monoisotopic (exact) mass is 391 g/mol. The van der Waals surface area contributed by atoms with Crippen LogP contribution in [-0.2, 0) is 5.21 Å². The van der Waals surface area contributed by atoms with Crippen LogP contribution in [0, 0.1) is 15.3 Å². The molecule has 1 amide bonds. The van der Waals surface area contributed by atoms with Crippen LogP contribution in [-0.4, -0.2) is 60.1 Å². The summed E-state index contributed by atoms with van der Waals surface area (Å²) < 4.78 is 0.690. The molecule has 1 fully saturated rings. The second-order valence-electron chi connectivity index (χ2n) is 8.18. The maximum atomic E-state index is 13.0. The molecule has 1 aromatic rings. The third kappa shape index (κ3) is 2.67. The van der Waals surface area contributed by atoms with Crippen molar-refractivity contribution < 1.29 is 24.8 Å². The van der Waals surface area contributed by atoms with Crippen LogP contribution in [0.2, 0.25) is 0 Å². The van der Waals surface area contributed by atoms with Gasteiger partial charge in [0.2, 0.25) is 0 Å². The first kappa shape index (κ1) is 19.9. The van der Waals surface area contributed by atoms with Crippen molar-refractivity contribution in [3.8, 4) is 5.75 Å². The number of hydrogen-bond acceptors (Lipinski definition) is 6. The minimum Gasteiger partial charge on any atom is -0.715 e. The zero-order chi connectivity index (χ0) is 21.0. The number of carbonyl (C=O) groups excluding carboxylic acids is 1. The van der Waals surface area contributed by atoms with Crippen molar-refractivity contribution in [3.05, 3.63) is 39.1 Å². The van der Waals surface area contributed by atoms with Gasteiger partial charge in [0.25, 0.3) is 5.91 Å². The minimum atomic E-state index is -0.987. The fourth-order valence-corrected chi connectivity index (χ4v) is 3.67. The van der Waals surface area contributed by atoms with Crippen molar-refractivity contribution in [2.45, 2.75) is 57.7 Å². The first-order valence-electron chi connectivity index (χ1n) is 9.01. The smallest absolute Gasteiger partial charge is 0.311 e. The number of likely N-dealkylation sites (tertiary alicyclic amines) is 1. The van der Waals surface area contributed by atoms with Gasteiger partial charge in [0.15, 0.2) is 11.3 Å². The van der Waals surface area contributed by atoms with E-state index in [9.17, 15) is 30.4 Å². The molecule has 0 spiro atoms. The molecule has 3 rings (SSSR count). The van der Waals surface area contributed by atoms with Gasteiger partial charge in [-0.15, -0.1) is 0 Å². The fourth-order valence-electron chi connectivity index (χ4n) is 3.67. The standard InChI is InChI=1S/C18H23N4O6/c1-17(2)18(3,4)21(26)15(20(17)25)12-6-5-9-19(12)16(24)11-7-8-14(23)13(10-11)22(27)28/h7-8,10,12,23H,5-6,9H2,1-4H3. The van der Waals surface area contributed by atoms with E-state index >= 15 is 0 Å². The minimum absolute atomic E-state index is 0.0171. The number of nitro groups is 1. The van der Waals surface area contributed by atoms with Crippen molar-refractivity contribution in [2.75, 3.05) is 6.54 Å². The van der Waals surface area contributed by atoms with Crippen LogP contribution < -0.4 is 0 Å². The zero-order valence-electron chi connectivity index (χ0n) is 16.2. The molecule has 0 aromatic heterocycles. The number of rotatable bonds is 3. The Morgan fingerprint density at radius 2 is 1.96 bits per heavy atom. The van der Waals surface area contributed by atoms with E-state index in [1.165, 1.54) is 11.0 Å². The molecule has 0 saturated carbocycles. The van der Waals surface area contributed by atoms with Gasteiger partial charge in [0.1, 0.15) is 11.6 Å². The molecule has 2 aliphatic rings. The number of hydroxylamine groups is 3. The van der Waals surface area contributed by atoms with Gasteiger partial charge in [0.05, 0.1) is 4.92 Å². The van der Waals surface area contributed by atoms with Crippen LogP contribution in [0.15, 0.2) is 18.2 Å². The summed E-state index contributed by atoms with van der Waals surface area (Å²) in [7, 11) is 0. The number of nitro benzene ring substituents is 1. The predicted molar refractivity (Wildman–Crippen MR) is 98.1 cm³/mol. The summed E-state index contributed by atoms with van der Waals surface area (Å²) in [6.45, 7) is 7.06. The predicted octanol–water partition coefficient (Wildman–Crippen LogP) is 2.03. The van der Waals surface area contributed by atoms with Gasteiger partial charge in [0, 0.05) is 23.4 Å². The molecule has 28 heavy (non-hydrogen) atoms. The molecule has 1 atom stereocenters. The largest absolute Gasteiger partial charge is 0.715 e. The maximum Gasteiger partial charge on any atom is 0.311 e. The van der Waals surface area contributed by atoms with Gasteiger partial charge in [-0.1, -0.05) is 5.06 Å². The lowest BCUT2D eigenvalue weighted by atomic mass is 9.84. The second-order valence-corrected chi connectivity index (χ2v) is 8.18. The van der Waals surface area contributed by atoms with Crippen LogP contribution in [0.4, 0.5) is 5.69 Å². The Bertz CT molecular complexity index is 879. The summed E-state index contributed by atoms with van der Waals surface area (Å²) in [4.78, 5) is 24.7. The molecule has 1 radical (unpaired) electrons. The van der Waals surface area contributed by atoms with Gasteiger partial charge < -0.3 is 15.2 Å². The second kappa shape index (κ2) is 6.33. The number of nitrogens with zero attached hydrogens (tertiary/aromatic N) is 4. The highest BCUT2D eigenvalue weighted by Crippen LogP contribution is 2.39. The maximum absolute atomic E-state index is 13.0. The van der Waals surface area contributed by atoms with Crippen molar-refractivity contribution in [1.29, 1.82) is 0 Å². The molecule has 0 aliphatic carbocycles. The van der Waals surface area contributed by atoms with E-state index in [0.717, 1.165) is 12.1 Å². The van der Waals surface area contributed by atoms with Crippen LogP contribution in [0.3, 0.4) is 0 Å². The highest BCUT2D eigenvalue weighted by Gasteiger charge is 2.62. The fraction of sp³-hybridized carbons (Fsp3) is 0.556. The highest BCUT2D eigenvalue weighted by atomic mass is 16.6. The zero-order valence-corrected chi connectivity index (χ0v) is 16.2. The Balaban J connectivity index is 1.98. The lowest BCUT2D eigenvalue weighted by Crippen LogP contribution is -2.54. The lowest BCUT2D eigenvalue weighted by molar-refractivity contribution is -0.541. The molecule has 1 saturated heterocycles. The van der Waals surface area contributed by atoms with Crippen molar-refractivity contribution in [2.24, 2.45) is 0 Å². The SMILES string of the molecule is CC1(C)N([O])C(C2CCCN2C(=O)c2ccc(O)c([N+](=O)[O-])c2)=[N+]([O-])C1(C)C. The summed E-state index contributed by atoms with van der Waals surface area (Å²) in [6.07, 6.45) is 1.05. The molecule has 1 N–H and O–H groups in total. The summed E-state index contributed by atoms with van der Waals surface area (Å²) in [5.41, 5.74) is -2.53. The number of carbonyl (C=O) groups is 1. The average Bonchev–Trinajstić information content (AvgIpc) is 3.13. The van der Waals surface area contributed by atoms with E-state index in [4.69, 9.17) is 0 Å². The first-order chi connectivity index (χ1) is 12.9. The number of hydrogen-bond donors (Lipinski definition) is 1. The molecule has 1 unspecified atom stereocenters. The van der Waals surface area contributed by atoms with E-state index in [-0.39, 0.29) is 11.4 Å². The molecule has 151 valence electrons. The quantitative estimate of drug-likeness (QED) is 0.363. The lowest BCUT2D eigenvalue weighted by Gasteiger charge is -2.32. The van der Waals surface area contributed by atoms with Crippen molar-refractivity contribution in [1.82, 2.24) is 9.96 Å². The molecule has 10 nitrogen and oxygen atoms in total. The normalized spacial score (nSPS) is 23.4. The molecule has 1 aromatic carbocycles. The van der Waals surface area contributed by atoms with E-state index in [0.29, 0.717) is 29.2 Å². The number of phenolic OH excluding ortho intramolecular Hbond substituents is 1. The Hall–Kier alpha value is -2.88. The van der Waals surface area contributed by atoms with Gasteiger partial charge in [-0.3, -0.25) is 19.6 Å². The van der Waals surface area contributed by atoms with Gasteiger partial charge in [-0.2, -0.15) is 0 Å². The number of benzene rings is 1. The van der Waals surface area contributed by atoms with Crippen molar-refractivity contribution >= 4 is 17.4 Å². The summed E-state index contributed by atoms with van der Waals surface area (Å²) in [5.74, 6) is -1.08. The third-order valence-electron chi connectivity index (χ3n) is 6.16. The number of amidine groups is 1. The Labute approximate surface area is 162 Å². The number of aromatic hydroxyl groups is 1. The van der Waals surface area contributed by atoms with Crippen molar-refractivity contribution in [3.63, 3.8) is 0 Å². The van der Waals surface area contributed by atoms with Gasteiger partial charge >= 0.3 is 11.5 Å². The van der Waals surface area contributed by atoms with Crippen LogP contribution in [0.25, 0.3) is 0 Å². The topological polar surface area (TPSA) is 133 Å². The van der Waals surface area contributed by atoms with Crippen LogP contribution >= 0.6 is 0 Å². The summed E-state index contributed by atoms with van der Waals surface area (Å²) in [5, 5.41) is 47.1. The van der Waals surface area contributed by atoms with Gasteiger partial charge in [-0.05, 0) is 52.7 Å². The average molecular weight is 391 g/mol. The Kier molecular flexibility index (Phi) is 4.49. The van der Waals surface area contributed by atoms with E-state index < -0.39 is 39.4 Å². The molecular weight excluding hydrogens is 368 g/mol. The summed E-state index contributed by atoms with van der Waals surface area (Å²) in [6, 6.07) is 2.67. The first-order valence-corrected chi connectivity index (χ1v) is 9.01. The molecule has 10 heteroatoms. The van der Waals surface area contributed by atoms with E-state index in [2.05, 4.69) is 0 Å². The molecule has 0 bridgehead atoms. The third-order valence-corrected chi connectivity index (χ3v) is 6.16. The molecule has 2 aliphatic heterocycles. The Morgan fingerprint density at radius 3 is 2.50 bits per heavy atom. The number of phenols is 1. The molecular formula is C18H23N4O6. The van der Waals surface area contributed by atoms with E-state index in [1.807, 2.05) is 0 Å². The number of amides is 1. The molecule has 2 heterocycles.